The van der Waals surface area contributed by atoms with Crippen LogP contribution in [-0.4, -0.2) is 41.0 Å². The molecule has 1 aliphatic rings. The molecule has 1 aliphatic heterocycles. The molecule has 0 aromatic rings. The van der Waals surface area contributed by atoms with Gasteiger partial charge >= 0.3 is 64.9 Å². The van der Waals surface area contributed by atoms with Crippen LogP contribution in [0.15, 0.2) is 12.2 Å². The fourth-order valence-corrected chi connectivity index (χ4v) is 14.8. The molecule has 45 valence electrons. The van der Waals surface area contributed by atoms with E-state index in [1.54, 1.807) is 0 Å². The molecule has 0 spiro atoms. The van der Waals surface area contributed by atoms with Crippen molar-refractivity contribution in [2.75, 3.05) is 0 Å². The van der Waals surface area contributed by atoms with E-state index in [1.165, 1.54) is 11.7 Å². The Hall–Kier alpha value is 1.17. The SMILES string of the molecule is C1=[Se][Se]=[Se]CC/C=C\1. The summed E-state index contributed by atoms with van der Waals surface area (Å²) in [4.78, 5) is 2.37. The third kappa shape index (κ3) is 3.24. The van der Waals surface area contributed by atoms with Crippen molar-refractivity contribution in [3.63, 3.8) is 0 Å². The summed E-state index contributed by atoms with van der Waals surface area (Å²) in [5, 5.41) is 1.50. The van der Waals surface area contributed by atoms with Gasteiger partial charge in [0, 0.05) is 0 Å². The van der Waals surface area contributed by atoms with Crippen LogP contribution in [0.5, 0.6) is 0 Å². The molecule has 1 rings (SSSR count). The molecule has 0 aliphatic carbocycles. The summed E-state index contributed by atoms with van der Waals surface area (Å²) in [6, 6.07) is 0. The van der Waals surface area contributed by atoms with Crippen molar-refractivity contribution in [3.8, 4) is 0 Å². The van der Waals surface area contributed by atoms with Crippen molar-refractivity contribution >= 4 is 41.0 Å². The van der Waals surface area contributed by atoms with Gasteiger partial charge in [0.15, 0.2) is 0 Å². The van der Waals surface area contributed by atoms with Gasteiger partial charge in [0.1, 0.15) is 0 Å². The summed E-state index contributed by atoms with van der Waals surface area (Å²) in [6.45, 7) is 0. The van der Waals surface area contributed by atoms with Gasteiger partial charge in [-0.15, -0.1) is 0 Å². The first-order valence-electron chi connectivity index (χ1n) is 2.43. The van der Waals surface area contributed by atoms with E-state index in [4.69, 9.17) is 0 Å². The average molecular weight is 304 g/mol. The fourth-order valence-electron chi connectivity index (χ4n) is 0.384. The van der Waals surface area contributed by atoms with Gasteiger partial charge in [0.05, 0.1) is 0 Å². The van der Waals surface area contributed by atoms with E-state index in [0.29, 0.717) is 0 Å². The van der Waals surface area contributed by atoms with E-state index in [-0.39, 0.29) is 0 Å². The Labute approximate surface area is 64.5 Å². The van der Waals surface area contributed by atoms with Crippen LogP contribution in [0.3, 0.4) is 0 Å². The second-order valence-corrected chi connectivity index (χ2v) is 17.8. The molecule has 0 atom stereocenters. The molecule has 0 saturated carbocycles. The molecule has 0 saturated heterocycles. The Kier molecular flexibility index (Phi) is 4.54. The Morgan fingerprint density at radius 1 is 1.38 bits per heavy atom. The molecule has 0 aromatic heterocycles. The summed E-state index contributed by atoms with van der Waals surface area (Å²) in [5.41, 5.74) is 0. The minimum atomic E-state index is 0.907. The maximum atomic E-state index is 2.37. The predicted octanol–water partition coefficient (Wildman–Crippen LogP) is 0.109. The van der Waals surface area contributed by atoms with Crippen molar-refractivity contribution in [3.05, 3.63) is 12.2 Å². The first kappa shape index (κ1) is 7.28. The van der Waals surface area contributed by atoms with Crippen LogP contribution >= 0.6 is 0 Å². The maximum absolute atomic E-state index is 2.37. The number of allylic oxidation sites excluding steroid dienone is 2. The van der Waals surface area contributed by atoms with Crippen molar-refractivity contribution in [2.24, 2.45) is 0 Å². The van der Waals surface area contributed by atoms with E-state index >= 15 is 0 Å². The van der Waals surface area contributed by atoms with E-state index in [9.17, 15) is 0 Å². The summed E-state index contributed by atoms with van der Waals surface area (Å²) >= 11 is 1.94. The van der Waals surface area contributed by atoms with Gasteiger partial charge in [-0.3, -0.25) is 0 Å². The Balaban J connectivity index is 2.51. The van der Waals surface area contributed by atoms with E-state index in [0.717, 1.165) is 36.1 Å². The summed E-state index contributed by atoms with van der Waals surface area (Å²) in [5.74, 6) is 0. The van der Waals surface area contributed by atoms with Gasteiger partial charge < -0.3 is 0 Å². The second-order valence-electron chi connectivity index (χ2n) is 1.34. The third-order valence-electron chi connectivity index (χ3n) is 0.725. The van der Waals surface area contributed by atoms with Gasteiger partial charge in [-0.1, -0.05) is 0 Å². The molecule has 0 bridgehead atoms. The summed E-state index contributed by atoms with van der Waals surface area (Å²) in [7, 11) is 1.05. The standard InChI is InChI=1S/C5H7Se3/c1-2-4-6-8-7-5-3-1/h1-2,4H,3,5H2/b2-1-. The number of hydrogen-bond donors (Lipinski definition) is 0. The Morgan fingerprint density at radius 2 is 2.38 bits per heavy atom. The van der Waals surface area contributed by atoms with Crippen molar-refractivity contribution < 1.29 is 0 Å². The average Bonchev–Trinajstić information content (AvgIpc) is 1.62. The molecule has 0 amide bonds. The molecule has 0 N–H and O–H groups in total. The molecular weight excluding hydrogens is 297 g/mol. The van der Waals surface area contributed by atoms with Crippen LogP contribution in [0.25, 0.3) is 0 Å². The zero-order chi connectivity index (χ0) is 5.66. The normalized spacial score (nSPS) is 22.0. The first-order valence-corrected chi connectivity index (χ1v) is 13.3. The molecule has 3 heteroatoms. The van der Waals surface area contributed by atoms with E-state index in [1.807, 2.05) is 0 Å². The minimum absolute atomic E-state index is 0.907. The van der Waals surface area contributed by atoms with Gasteiger partial charge in [0.2, 0.25) is 0 Å². The van der Waals surface area contributed by atoms with Gasteiger partial charge in [-0.25, -0.2) is 0 Å². The van der Waals surface area contributed by atoms with E-state index < -0.39 is 0 Å². The molecule has 8 heavy (non-hydrogen) atoms. The Morgan fingerprint density at radius 3 is 3.38 bits per heavy atom. The fraction of sp³-hybridized carbons (Fsp3) is 0.400. The van der Waals surface area contributed by atoms with Crippen LogP contribution in [0.2, 0.25) is 5.32 Å². The predicted molar refractivity (Wildman–Crippen MR) is 41.9 cm³/mol. The van der Waals surface area contributed by atoms with Crippen LogP contribution in [-0.2, 0) is 0 Å². The van der Waals surface area contributed by atoms with E-state index in [2.05, 4.69) is 17.1 Å². The summed E-state index contributed by atoms with van der Waals surface area (Å²) < 4.78 is 0. The first-order chi connectivity index (χ1) is 4.00. The zero-order valence-corrected chi connectivity index (χ0v) is 9.51. The third-order valence-corrected chi connectivity index (χ3v) is 17.3. The van der Waals surface area contributed by atoms with Crippen molar-refractivity contribution in [1.29, 1.82) is 0 Å². The molecule has 1 heterocycles. The number of hydrogen-bond acceptors (Lipinski definition) is 0. The van der Waals surface area contributed by atoms with Gasteiger partial charge in [-0.2, -0.15) is 0 Å². The molecule has 0 aromatic carbocycles. The van der Waals surface area contributed by atoms with Crippen molar-refractivity contribution in [1.82, 2.24) is 0 Å². The summed E-state index contributed by atoms with van der Waals surface area (Å²) in [6.07, 6.45) is 5.89. The van der Waals surface area contributed by atoms with Gasteiger partial charge in [0.25, 0.3) is 0 Å². The Bertz CT molecular complexity index is 119. The second kappa shape index (κ2) is 4.99. The van der Waals surface area contributed by atoms with Crippen LogP contribution in [0.4, 0.5) is 0 Å². The van der Waals surface area contributed by atoms with Crippen LogP contribution in [0.1, 0.15) is 6.42 Å². The molecule has 3 radical (unpaired) electrons. The van der Waals surface area contributed by atoms with Crippen LogP contribution in [0, 0.1) is 0 Å². The molecule has 0 nitrogen and oxygen atoms in total. The number of rotatable bonds is 0. The topological polar surface area (TPSA) is 0 Å². The molecule has 0 unspecified atom stereocenters. The van der Waals surface area contributed by atoms with Crippen LogP contribution < -0.4 is 0 Å². The van der Waals surface area contributed by atoms with Gasteiger partial charge in [-0.05, 0) is 0 Å². The monoisotopic (exact) mass is 307 g/mol. The quantitative estimate of drug-likeness (QED) is 0.557. The van der Waals surface area contributed by atoms with Crippen molar-refractivity contribution in [2.45, 2.75) is 11.7 Å². The molecule has 0 fully saturated rings. The molecular formula is C5H7Se3. The zero-order valence-electron chi connectivity index (χ0n) is 4.37.